The Hall–Kier alpha value is -1.88. The van der Waals surface area contributed by atoms with Crippen LogP contribution in [0, 0.1) is 6.92 Å². The molecule has 5 heteroatoms. The molecule has 114 valence electrons. The molecule has 0 bridgehead atoms. The Morgan fingerprint density at radius 1 is 1.38 bits per heavy atom. The van der Waals surface area contributed by atoms with E-state index in [1.165, 1.54) is 0 Å². The van der Waals surface area contributed by atoms with Gasteiger partial charge in [-0.05, 0) is 44.4 Å². The SMILES string of the molecule is Cc1cccc(NC(=O)[C@H](C)[NH+](C)CC(=O)NC2CC2)c1. The number of amides is 2. The van der Waals surface area contributed by atoms with Crippen molar-refractivity contribution >= 4 is 17.5 Å². The standard InChI is InChI=1S/C16H23N3O2/c1-11-5-4-6-14(9-11)18-16(21)12(2)19(3)10-15(20)17-13-7-8-13/h4-6,9,12-13H,7-8,10H2,1-3H3,(H,17,20)(H,18,21)/p+1/t12-/m0/s1. The first-order valence-corrected chi connectivity index (χ1v) is 7.45. The van der Waals surface area contributed by atoms with Gasteiger partial charge < -0.3 is 15.5 Å². The fourth-order valence-electron chi connectivity index (χ4n) is 2.11. The van der Waals surface area contributed by atoms with Crippen LogP contribution in [0.1, 0.15) is 25.3 Å². The molecule has 0 saturated heterocycles. The van der Waals surface area contributed by atoms with Crippen LogP contribution in [0.5, 0.6) is 0 Å². The summed E-state index contributed by atoms with van der Waals surface area (Å²) in [6.45, 7) is 4.14. The Morgan fingerprint density at radius 2 is 2.10 bits per heavy atom. The van der Waals surface area contributed by atoms with Gasteiger partial charge in [0.15, 0.2) is 12.6 Å². The molecule has 1 aliphatic carbocycles. The van der Waals surface area contributed by atoms with Crippen LogP contribution in [0.25, 0.3) is 0 Å². The van der Waals surface area contributed by atoms with E-state index in [1.807, 2.05) is 45.2 Å². The van der Waals surface area contributed by atoms with Crippen LogP contribution in [0.4, 0.5) is 5.69 Å². The molecule has 21 heavy (non-hydrogen) atoms. The van der Waals surface area contributed by atoms with Crippen LogP contribution >= 0.6 is 0 Å². The summed E-state index contributed by atoms with van der Waals surface area (Å²) in [4.78, 5) is 24.9. The molecule has 2 rings (SSSR count). The van der Waals surface area contributed by atoms with Crippen molar-refractivity contribution in [3.8, 4) is 0 Å². The van der Waals surface area contributed by atoms with E-state index < -0.39 is 0 Å². The highest BCUT2D eigenvalue weighted by Gasteiger charge is 2.27. The van der Waals surface area contributed by atoms with Crippen molar-refractivity contribution in [2.45, 2.75) is 38.8 Å². The van der Waals surface area contributed by atoms with Gasteiger partial charge in [-0.3, -0.25) is 9.59 Å². The highest BCUT2D eigenvalue weighted by Crippen LogP contribution is 2.18. The lowest BCUT2D eigenvalue weighted by Crippen LogP contribution is -3.15. The van der Waals surface area contributed by atoms with Gasteiger partial charge in [-0.1, -0.05) is 12.1 Å². The van der Waals surface area contributed by atoms with Crippen LogP contribution in [0.15, 0.2) is 24.3 Å². The zero-order chi connectivity index (χ0) is 15.4. The molecule has 1 aliphatic rings. The number of likely N-dealkylation sites (N-methyl/N-ethyl adjacent to an activating group) is 1. The van der Waals surface area contributed by atoms with E-state index >= 15 is 0 Å². The Kier molecular flexibility index (Phi) is 4.96. The Balaban J connectivity index is 1.84. The predicted octanol–water partition coefficient (Wildman–Crippen LogP) is 0.115. The summed E-state index contributed by atoms with van der Waals surface area (Å²) in [6, 6.07) is 7.78. The number of rotatable bonds is 6. The average Bonchev–Trinajstić information content (AvgIpc) is 3.21. The van der Waals surface area contributed by atoms with E-state index in [0.717, 1.165) is 29.0 Å². The molecule has 1 aromatic carbocycles. The molecule has 5 nitrogen and oxygen atoms in total. The minimum atomic E-state index is -0.282. The molecule has 2 atom stereocenters. The van der Waals surface area contributed by atoms with E-state index in [4.69, 9.17) is 0 Å². The van der Waals surface area contributed by atoms with Gasteiger partial charge in [0.25, 0.3) is 11.8 Å². The van der Waals surface area contributed by atoms with E-state index in [0.29, 0.717) is 12.6 Å². The quantitative estimate of drug-likeness (QED) is 0.696. The lowest BCUT2D eigenvalue weighted by atomic mass is 10.2. The van der Waals surface area contributed by atoms with E-state index in [1.54, 1.807) is 0 Å². The maximum absolute atomic E-state index is 12.2. The third-order valence-corrected chi connectivity index (χ3v) is 3.80. The average molecular weight is 290 g/mol. The number of carbonyl (C=O) groups excluding carboxylic acids is 2. The van der Waals surface area contributed by atoms with Crippen LogP contribution in [-0.4, -0.2) is 37.5 Å². The van der Waals surface area contributed by atoms with Crippen LogP contribution in [0.2, 0.25) is 0 Å². The zero-order valence-electron chi connectivity index (χ0n) is 12.9. The zero-order valence-corrected chi connectivity index (χ0v) is 12.9. The molecule has 1 aromatic rings. The molecule has 1 saturated carbocycles. The van der Waals surface area contributed by atoms with Gasteiger partial charge in [-0.25, -0.2) is 0 Å². The smallest absolute Gasteiger partial charge is 0.282 e. The fourth-order valence-corrected chi connectivity index (χ4v) is 2.11. The van der Waals surface area contributed by atoms with Crippen LogP contribution in [-0.2, 0) is 9.59 Å². The van der Waals surface area contributed by atoms with Crippen molar-refractivity contribution in [1.29, 1.82) is 0 Å². The van der Waals surface area contributed by atoms with Crippen molar-refractivity contribution < 1.29 is 14.5 Å². The highest BCUT2D eigenvalue weighted by molar-refractivity contribution is 5.93. The summed E-state index contributed by atoms with van der Waals surface area (Å²) < 4.78 is 0. The summed E-state index contributed by atoms with van der Waals surface area (Å²) in [5.41, 5.74) is 1.90. The van der Waals surface area contributed by atoms with Crippen molar-refractivity contribution in [1.82, 2.24) is 5.32 Å². The molecule has 0 heterocycles. The Morgan fingerprint density at radius 3 is 2.71 bits per heavy atom. The molecule has 2 amide bonds. The van der Waals surface area contributed by atoms with Gasteiger partial charge in [0.2, 0.25) is 0 Å². The minimum absolute atomic E-state index is 0.0187. The lowest BCUT2D eigenvalue weighted by Gasteiger charge is -2.20. The number of carbonyl (C=O) groups is 2. The van der Waals surface area contributed by atoms with Gasteiger partial charge in [0.1, 0.15) is 0 Å². The molecular formula is C16H24N3O2+. The van der Waals surface area contributed by atoms with Gasteiger partial charge >= 0.3 is 0 Å². The van der Waals surface area contributed by atoms with Gasteiger partial charge in [0, 0.05) is 11.7 Å². The number of hydrogen-bond acceptors (Lipinski definition) is 2. The second-order valence-electron chi connectivity index (χ2n) is 5.95. The monoisotopic (exact) mass is 290 g/mol. The highest BCUT2D eigenvalue weighted by atomic mass is 16.2. The molecule has 1 unspecified atom stereocenters. The number of quaternary nitrogens is 1. The summed E-state index contributed by atoms with van der Waals surface area (Å²) in [5, 5.41) is 5.84. The van der Waals surface area contributed by atoms with Crippen molar-refractivity contribution in [3.63, 3.8) is 0 Å². The third kappa shape index (κ3) is 4.86. The van der Waals surface area contributed by atoms with Crippen molar-refractivity contribution in [2.24, 2.45) is 0 Å². The number of anilines is 1. The van der Waals surface area contributed by atoms with Crippen LogP contribution < -0.4 is 15.5 Å². The lowest BCUT2D eigenvalue weighted by molar-refractivity contribution is -0.885. The molecule has 3 N–H and O–H groups in total. The number of benzene rings is 1. The summed E-state index contributed by atoms with van der Waals surface area (Å²) in [7, 11) is 1.87. The molecular weight excluding hydrogens is 266 g/mol. The second-order valence-corrected chi connectivity index (χ2v) is 5.95. The molecule has 1 fully saturated rings. The first kappa shape index (κ1) is 15.5. The van der Waals surface area contributed by atoms with Gasteiger partial charge in [0.05, 0.1) is 7.05 Å². The van der Waals surface area contributed by atoms with Crippen molar-refractivity contribution in [2.75, 3.05) is 18.9 Å². The number of hydrogen-bond donors (Lipinski definition) is 3. The van der Waals surface area contributed by atoms with Crippen molar-refractivity contribution in [3.05, 3.63) is 29.8 Å². The second kappa shape index (κ2) is 6.72. The maximum Gasteiger partial charge on any atom is 0.282 e. The maximum atomic E-state index is 12.2. The molecule has 0 spiro atoms. The third-order valence-electron chi connectivity index (χ3n) is 3.80. The van der Waals surface area contributed by atoms with E-state index in [2.05, 4.69) is 10.6 Å². The van der Waals surface area contributed by atoms with Gasteiger partial charge in [-0.2, -0.15) is 0 Å². The largest absolute Gasteiger partial charge is 0.348 e. The topological polar surface area (TPSA) is 62.6 Å². The van der Waals surface area contributed by atoms with E-state index in [9.17, 15) is 9.59 Å². The van der Waals surface area contributed by atoms with Crippen LogP contribution in [0.3, 0.4) is 0 Å². The van der Waals surface area contributed by atoms with Gasteiger partial charge in [-0.15, -0.1) is 0 Å². The number of nitrogens with one attached hydrogen (secondary N) is 3. The predicted molar refractivity (Wildman–Crippen MR) is 82.2 cm³/mol. The molecule has 0 radical (unpaired) electrons. The fraction of sp³-hybridized carbons (Fsp3) is 0.500. The molecule has 0 aromatic heterocycles. The summed E-state index contributed by atoms with van der Waals surface area (Å²) in [6.07, 6.45) is 2.16. The first-order chi connectivity index (χ1) is 9.95. The Bertz CT molecular complexity index is 526. The minimum Gasteiger partial charge on any atom is -0.348 e. The first-order valence-electron chi connectivity index (χ1n) is 7.45. The van der Waals surface area contributed by atoms with E-state index in [-0.39, 0.29) is 17.9 Å². The summed E-state index contributed by atoms with van der Waals surface area (Å²) in [5.74, 6) is -0.0532. The Labute approximate surface area is 125 Å². The summed E-state index contributed by atoms with van der Waals surface area (Å²) >= 11 is 0. The molecule has 0 aliphatic heterocycles. The normalized spacial score (nSPS) is 16.9. The number of aryl methyl sites for hydroxylation is 1.